The van der Waals surface area contributed by atoms with Crippen LogP contribution in [-0.2, 0) is 16.4 Å². The quantitative estimate of drug-likeness (QED) is 0.373. The predicted molar refractivity (Wildman–Crippen MR) is 118 cm³/mol. The number of carbonyl (C=O) groups is 1. The van der Waals surface area contributed by atoms with Gasteiger partial charge in [-0.1, -0.05) is 30.3 Å². The lowest BCUT2D eigenvalue weighted by Gasteiger charge is -2.18. The van der Waals surface area contributed by atoms with E-state index in [1.165, 1.54) is 42.9 Å². The highest BCUT2D eigenvalue weighted by Crippen LogP contribution is 2.31. The summed E-state index contributed by atoms with van der Waals surface area (Å²) in [6, 6.07) is 18.5. The SMILES string of the molecule is COc1ccc(S(=O)(=O)Nc2c(C(=O)NO)cc(C)c(Cc3ccccc3)c2C#N)cc1. The minimum absolute atomic E-state index is 0.00420. The van der Waals surface area contributed by atoms with Crippen molar-refractivity contribution in [2.24, 2.45) is 0 Å². The number of nitrogens with one attached hydrogen (secondary N) is 2. The van der Waals surface area contributed by atoms with Crippen LogP contribution in [0.25, 0.3) is 0 Å². The zero-order chi connectivity index (χ0) is 23.3. The molecule has 0 radical (unpaired) electrons. The first kappa shape index (κ1) is 22.8. The molecule has 164 valence electrons. The third kappa shape index (κ3) is 4.72. The van der Waals surface area contributed by atoms with Gasteiger partial charge in [-0.2, -0.15) is 5.26 Å². The van der Waals surface area contributed by atoms with Crippen molar-refractivity contribution in [2.45, 2.75) is 18.2 Å². The van der Waals surface area contributed by atoms with Crippen LogP contribution >= 0.6 is 0 Å². The Balaban J connectivity index is 2.16. The molecule has 3 rings (SSSR count). The van der Waals surface area contributed by atoms with Crippen molar-refractivity contribution in [2.75, 3.05) is 11.8 Å². The van der Waals surface area contributed by atoms with Gasteiger partial charge in [-0.15, -0.1) is 0 Å². The number of hydrogen-bond acceptors (Lipinski definition) is 6. The number of rotatable bonds is 7. The van der Waals surface area contributed by atoms with E-state index < -0.39 is 15.9 Å². The van der Waals surface area contributed by atoms with Crippen LogP contribution in [0.2, 0.25) is 0 Å². The Morgan fingerprint density at radius 3 is 2.34 bits per heavy atom. The van der Waals surface area contributed by atoms with Gasteiger partial charge in [-0.3, -0.25) is 14.7 Å². The van der Waals surface area contributed by atoms with E-state index in [2.05, 4.69) is 4.72 Å². The fourth-order valence-electron chi connectivity index (χ4n) is 3.30. The number of anilines is 1. The zero-order valence-corrected chi connectivity index (χ0v) is 18.2. The van der Waals surface area contributed by atoms with E-state index in [1.807, 2.05) is 36.4 Å². The molecule has 0 aliphatic rings. The molecule has 3 aromatic rings. The minimum Gasteiger partial charge on any atom is -0.497 e. The summed E-state index contributed by atoms with van der Waals surface area (Å²) in [4.78, 5) is 12.2. The fourth-order valence-corrected chi connectivity index (χ4v) is 4.40. The van der Waals surface area contributed by atoms with Gasteiger partial charge in [-0.25, -0.2) is 13.9 Å². The van der Waals surface area contributed by atoms with Gasteiger partial charge in [0.05, 0.1) is 28.8 Å². The Kier molecular flexibility index (Phi) is 6.78. The third-order valence-electron chi connectivity index (χ3n) is 4.95. The lowest BCUT2D eigenvalue weighted by Crippen LogP contribution is -2.24. The van der Waals surface area contributed by atoms with Gasteiger partial charge < -0.3 is 4.74 Å². The molecular formula is C23H21N3O5S. The second-order valence-electron chi connectivity index (χ2n) is 6.97. The fraction of sp³-hybridized carbons (Fsp3) is 0.130. The average molecular weight is 452 g/mol. The van der Waals surface area contributed by atoms with Gasteiger partial charge in [0, 0.05) is 0 Å². The molecule has 3 N–H and O–H groups in total. The summed E-state index contributed by atoms with van der Waals surface area (Å²) in [5.74, 6) is -0.467. The van der Waals surface area contributed by atoms with Crippen molar-refractivity contribution < 1.29 is 23.2 Å². The van der Waals surface area contributed by atoms with Gasteiger partial charge in [0.25, 0.3) is 15.9 Å². The van der Waals surface area contributed by atoms with Crippen molar-refractivity contribution in [3.8, 4) is 11.8 Å². The van der Waals surface area contributed by atoms with Gasteiger partial charge >= 0.3 is 0 Å². The molecule has 0 heterocycles. The number of methoxy groups -OCH3 is 1. The van der Waals surface area contributed by atoms with E-state index in [0.717, 1.165) is 5.56 Å². The molecule has 0 saturated carbocycles. The molecular weight excluding hydrogens is 430 g/mol. The second-order valence-corrected chi connectivity index (χ2v) is 8.65. The number of benzene rings is 3. The summed E-state index contributed by atoms with van der Waals surface area (Å²) in [6.07, 6.45) is 0.355. The molecule has 0 aromatic heterocycles. The van der Waals surface area contributed by atoms with Gasteiger partial charge in [0.15, 0.2) is 0 Å². The van der Waals surface area contributed by atoms with E-state index in [9.17, 15) is 23.7 Å². The molecule has 32 heavy (non-hydrogen) atoms. The maximum absolute atomic E-state index is 13.0. The molecule has 0 aliphatic heterocycles. The van der Waals surface area contributed by atoms with Crippen LogP contribution in [0.3, 0.4) is 0 Å². The average Bonchev–Trinajstić information content (AvgIpc) is 2.81. The topological polar surface area (TPSA) is 129 Å². The minimum atomic E-state index is -4.16. The van der Waals surface area contributed by atoms with Crippen LogP contribution in [0.5, 0.6) is 5.75 Å². The van der Waals surface area contributed by atoms with Crippen LogP contribution in [0, 0.1) is 18.3 Å². The summed E-state index contributed by atoms with van der Waals surface area (Å²) >= 11 is 0. The molecule has 3 aromatic carbocycles. The Labute approximate surface area is 186 Å². The van der Waals surface area contributed by atoms with Crippen molar-refractivity contribution in [1.29, 1.82) is 5.26 Å². The maximum Gasteiger partial charge on any atom is 0.276 e. The number of sulfonamides is 1. The highest BCUT2D eigenvalue weighted by atomic mass is 32.2. The molecule has 0 spiro atoms. The second kappa shape index (κ2) is 9.51. The molecule has 8 nitrogen and oxygen atoms in total. The first-order valence-electron chi connectivity index (χ1n) is 9.52. The van der Waals surface area contributed by atoms with Crippen LogP contribution < -0.4 is 14.9 Å². The lowest BCUT2D eigenvalue weighted by molar-refractivity contribution is 0.0707. The molecule has 0 atom stereocenters. The van der Waals surface area contributed by atoms with Crippen molar-refractivity contribution in [1.82, 2.24) is 5.48 Å². The summed E-state index contributed by atoms with van der Waals surface area (Å²) in [5.41, 5.74) is 3.23. The smallest absolute Gasteiger partial charge is 0.276 e. The van der Waals surface area contributed by atoms with Gasteiger partial charge in [-0.05, 0) is 60.4 Å². The van der Waals surface area contributed by atoms with Crippen LogP contribution in [-0.4, -0.2) is 26.6 Å². The summed E-state index contributed by atoms with van der Waals surface area (Å²) < 4.78 is 33.5. The monoisotopic (exact) mass is 451 g/mol. The van der Waals surface area contributed by atoms with E-state index in [1.54, 1.807) is 6.92 Å². The first-order chi connectivity index (χ1) is 15.3. The summed E-state index contributed by atoms with van der Waals surface area (Å²) in [7, 11) is -2.70. The van der Waals surface area contributed by atoms with Crippen LogP contribution in [0.4, 0.5) is 5.69 Å². The number of hydrogen-bond donors (Lipinski definition) is 3. The summed E-state index contributed by atoms with van der Waals surface area (Å²) in [6.45, 7) is 1.72. The molecule has 0 aliphatic carbocycles. The first-order valence-corrected chi connectivity index (χ1v) is 11.0. The highest BCUT2D eigenvalue weighted by molar-refractivity contribution is 7.92. The molecule has 0 fully saturated rings. The number of hydroxylamine groups is 1. The highest BCUT2D eigenvalue weighted by Gasteiger charge is 2.25. The van der Waals surface area contributed by atoms with E-state index in [4.69, 9.17) is 4.74 Å². The van der Waals surface area contributed by atoms with Gasteiger partial charge in [0.2, 0.25) is 0 Å². The molecule has 1 amide bonds. The van der Waals surface area contributed by atoms with Crippen LogP contribution in [0.15, 0.2) is 65.6 Å². The number of aryl methyl sites for hydroxylation is 1. The lowest BCUT2D eigenvalue weighted by atomic mass is 9.92. The Bertz CT molecular complexity index is 1280. The zero-order valence-electron chi connectivity index (χ0n) is 17.4. The molecule has 0 bridgehead atoms. The number of carbonyl (C=O) groups excluding carboxylic acids is 1. The molecule has 9 heteroatoms. The van der Waals surface area contributed by atoms with E-state index in [-0.39, 0.29) is 21.7 Å². The number of amides is 1. The Morgan fingerprint density at radius 1 is 1.12 bits per heavy atom. The molecule has 0 saturated heterocycles. The molecule has 0 unspecified atom stereocenters. The van der Waals surface area contributed by atoms with Crippen LogP contribution in [0.1, 0.15) is 32.6 Å². The standard InChI is InChI=1S/C23H21N3O5S/c1-15-12-20(23(27)25-28)22(21(14-24)19(15)13-16-6-4-3-5-7-16)26-32(29,30)18-10-8-17(31-2)9-11-18/h3-12,26,28H,13H2,1-2H3,(H,25,27). The largest absolute Gasteiger partial charge is 0.497 e. The van der Waals surface area contributed by atoms with Gasteiger partial charge in [0.1, 0.15) is 11.8 Å². The maximum atomic E-state index is 13.0. The van der Waals surface area contributed by atoms with E-state index >= 15 is 0 Å². The van der Waals surface area contributed by atoms with E-state index in [0.29, 0.717) is 23.3 Å². The summed E-state index contributed by atoms with van der Waals surface area (Å²) in [5, 5.41) is 19.1. The number of nitrogens with zero attached hydrogens (tertiary/aromatic N) is 1. The number of ether oxygens (including phenoxy) is 1. The third-order valence-corrected chi connectivity index (χ3v) is 6.31. The van der Waals surface area contributed by atoms with Crippen molar-refractivity contribution in [3.05, 3.63) is 88.5 Å². The Morgan fingerprint density at radius 2 is 1.78 bits per heavy atom. The number of nitriles is 1. The predicted octanol–water partition coefficient (Wildman–Crippen LogP) is 3.39. The normalized spacial score (nSPS) is 10.8. The van der Waals surface area contributed by atoms with Crippen molar-refractivity contribution in [3.63, 3.8) is 0 Å². The van der Waals surface area contributed by atoms with Crippen molar-refractivity contribution >= 4 is 21.6 Å². The Hall–Kier alpha value is -3.87.